The van der Waals surface area contributed by atoms with Crippen molar-refractivity contribution in [2.75, 3.05) is 63.2 Å². The quantitative estimate of drug-likeness (QED) is 0.0777. The van der Waals surface area contributed by atoms with Crippen molar-refractivity contribution in [3.8, 4) is 12.1 Å². The fourth-order valence-corrected chi connectivity index (χ4v) is 9.38. The van der Waals surface area contributed by atoms with E-state index in [1.807, 2.05) is 43.0 Å². The highest BCUT2D eigenvalue weighted by Crippen LogP contribution is 2.37. The number of nitriles is 2. The molecule has 2 saturated heterocycles. The number of hydrogen-bond acceptors (Lipinski definition) is 19. The van der Waals surface area contributed by atoms with Crippen molar-refractivity contribution < 1.29 is 52.8 Å². The number of aromatic nitrogens is 6. The van der Waals surface area contributed by atoms with Crippen molar-refractivity contribution in [3.63, 3.8) is 0 Å². The molecule has 0 aromatic carbocycles. The van der Waals surface area contributed by atoms with E-state index in [1.165, 1.54) is 23.4 Å². The van der Waals surface area contributed by atoms with Crippen molar-refractivity contribution in [2.45, 2.75) is 111 Å². The Morgan fingerprint density at radius 2 is 1.34 bits per heavy atom. The van der Waals surface area contributed by atoms with E-state index < -0.39 is 54.8 Å². The number of likely N-dealkylation sites (N-methyl/N-ethyl adjacent to an activating group) is 2. The molecule has 3 N–H and O–H groups in total. The Morgan fingerprint density at radius 3 is 1.99 bits per heavy atom. The average molecular weight is 1010 g/mol. The molecule has 2 aliphatic heterocycles. The number of carbonyl (C=O) groups is 6. The monoisotopic (exact) mass is 1010 g/mol. The van der Waals surface area contributed by atoms with Gasteiger partial charge in [0.1, 0.15) is 72.7 Å². The first-order chi connectivity index (χ1) is 34.5. The van der Waals surface area contributed by atoms with E-state index in [4.69, 9.17) is 24.2 Å². The normalized spacial score (nSPS) is 19.5. The van der Waals surface area contributed by atoms with Gasteiger partial charge in [0.2, 0.25) is 11.8 Å². The highest BCUT2D eigenvalue weighted by molar-refractivity contribution is 5.89. The number of ether oxygens (including phenoxy) is 4. The smallest absolute Gasteiger partial charge is 0.408 e. The van der Waals surface area contributed by atoms with Crippen LogP contribution in [0.1, 0.15) is 80.6 Å². The van der Waals surface area contributed by atoms with Crippen molar-refractivity contribution >= 4 is 69.6 Å². The molecule has 392 valence electrons. The number of carbonyl (C=O) groups excluding carboxylic acids is 6. The molecule has 25 nitrogen and oxygen atoms in total. The van der Waals surface area contributed by atoms with Crippen LogP contribution in [0.15, 0.2) is 37.2 Å². The third-order valence-corrected chi connectivity index (χ3v) is 13.1. The minimum atomic E-state index is -1.82. The number of nitrogens with zero attached hydrogens (tertiary/aromatic N) is 12. The van der Waals surface area contributed by atoms with Crippen LogP contribution in [-0.4, -0.2) is 157 Å². The van der Waals surface area contributed by atoms with Crippen LogP contribution >= 0.6 is 0 Å². The minimum absolute atomic E-state index is 0.129. The van der Waals surface area contributed by atoms with Gasteiger partial charge in [-0.05, 0) is 77.3 Å². The Bertz CT molecular complexity index is 2760. The molecule has 25 heteroatoms. The van der Waals surface area contributed by atoms with Gasteiger partial charge in [0.15, 0.2) is 6.73 Å². The van der Waals surface area contributed by atoms with Crippen molar-refractivity contribution in [1.82, 2.24) is 49.5 Å². The molecule has 4 aromatic heterocycles. The number of nitrogens with one attached hydrogen (secondary N) is 2. The molecule has 4 amide bonds. The molecule has 2 fully saturated rings. The number of aliphatic hydroxyl groups excluding tert-OH is 1. The lowest BCUT2D eigenvalue weighted by Crippen LogP contribution is -2.57. The zero-order valence-electron chi connectivity index (χ0n) is 42.6. The lowest BCUT2D eigenvalue weighted by molar-refractivity contribution is -0.182. The van der Waals surface area contributed by atoms with Gasteiger partial charge in [-0.25, -0.2) is 29.5 Å². The molecule has 0 saturated carbocycles. The Balaban J connectivity index is 1.05. The molecule has 0 radical (unpaired) electrons. The zero-order chi connectivity index (χ0) is 53.4. The predicted octanol–water partition coefficient (Wildman–Crippen LogP) is 3.19. The molecule has 6 rings (SSSR count). The second-order valence-corrected chi connectivity index (χ2v) is 20.0. The Kier molecular flexibility index (Phi) is 17.3. The first kappa shape index (κ1) is 54.5. The number of rotatable bonds is 17. The molecule has 4 aromatic rings. The van der Waals surface area contributed by atoms with Gasteiger partial charge in [0, 0.05) is 52.7 Å². The number of anilines is 2. The van der Waals surface area contributed by atoms with Crippen LogP contribution in [0.5, 0.6) is 0 Å². The van der Waals surface area contributed by atoms with Crippen LogP contribution in [0, 0.1) is 40.4 Å². The van der Waals surface area contributed by atoms with E-state index in [0.717, 1.165) is 6.42 Å². The van der Waals surface area contributed by atoms with Crippen LogP contribution in [0.2, 0.25) is 0 Å². The van der Waals surface area contributed by atoms with Gasteiger partial charge in [0.05, 0.1) is 35.0 Å². The number of aliphatic hydroxyl groups is 1. The molecule has 6 atom stereocenters. The van der Waals surface area contributed by atoms with E-state index in [0.29, 0.717) is 41.1 Å². The molecule has 6 heterocycles. The number of fused-ring (bicyclic) bond motifs is 2. The second-order valence-electron chi connectivity index (χ2n) is 20.0. The van der Waals surface area contributed by atoms with Crippen LogP contribution in [0.25, 0.3) is 22.1 Å². The summed E-state index contributed by atoms with van der Waals surface area (Å²) in [5.74, 6) is -1.43. The SMILES string of the molecule is C[C@@H]1CCN(C(=O)CC#N)C[C@@H]1N(C)c1ncnc2c1ccn2C(O)OC(=O)CNC(=O)OC(C)(C)CC1CN(C(=O)CC#N)C[C@H](N(C)c2ncnc3c2ccn3COC(=O)CNC(=O)OC(C)(C)C)[C@@H]1C. The average Bonchev–Trinajstić information content (AvgIpc) is 3.96. The molecule has 0 bridgehead atoms. The molecule has 0 spiro atoms. The van der Waals surface area contributed by atoms with Crippen LogP contribution in [0.4, 0.5) is 21.2 Å². The van der Waals surface area contributed by atoms with Crippen LogP contribution in [-0.2, 0) is 44.9 Å². The zero-order valence-corrected chi connectivity index (χ0v) is 42.6. The van der Waals surface area contributed by atoms with Gasteiger partial charge in [-0.2, -0.15) is 10.5 Å². The molecule has 2 aliphatic rings. The van der Waals surface area contributed by atoms with Crippen molar-refractivity contribution in [1.29, 1.82) is 10.5 Å². The summed E-state index contributed by atoms with van der Waals surface area (Å²) in [5, 5.41) is 35.4. The largest absolute Gasteiger partial charge is 0.444 e. The number of hydrogen-bond donors (Lipinski definition) is 3. The second kappa shape index (κ2) is 23.2. The third-order valence-electron chi connectivity index (χ3n) is 13.1. The Labute approximate surface area is 422 Å². The Morgan fingerprint density at radius 1 is 0.781 bits per heavy atom. The first-order valence-corrected chi connectivity index (χ1v) is 23.8. The summed E-state index contributed by atoms with van der Waals surface area (Å²) in [5.41, 5.74) is -1.15. The summed E-state index contributed by atoms with van der Waals surface area (Å²) >= 11 is 0. The van der Waals surface area contributed by atoms with Gasteiger partial charge >= 0.3 is 24.1 Å². The van der Waals surface area contributed by atoms with E-state index in [9.17, 15) is 39.1 Å². The molecular weight excluding hydrogens is 949 g/mol. The number of amides is 4. The molecule has 73 heavy (non-hydrogen) atoms. The number of esters is 2. The summed E-state index contributed by atoms with van der Waals surface area (Å²) in [4.78, 5) is 101. The number of likely N-dealkylation sites (tertiary alicyclic amines) is 2. The van der Waals surface area contributed by atoms with Crippen LogP contribution < -0.4 is 20.4 Å². The summed E-state index contributed by atoms with van der Waals surface area (Å²) in [6.45, 7) is 12.8. The van der Waals surface area contributed by atoms with Gasteiger partial charge in [-0.1, -0.05) is 13.8 Å². The highest BCUT2D eigenvalue weighted by Gasteiger charge is 2.42. The highest BCUT2D eigenvalue weighted by atomic mass is 16.7. The van der Waals surface area contributed by atoms with Gasteiger partial charge in [-0.15, -0.1) is 0 Å². The molecular formula is C48H64N14O11. The fraction of sp³-hybridized carbons (Fsp3) is 0.583. The topological polar surface area (TPSA) is 306 Å². The fourth-order valence-electron chi connectivity index (χ4n) is 9.38. The third kappa shape index (κ3) is 13.6. The van der Waals surface area contributed by atoms with Gasteiger partial charge in [-0.3, -0.25) is 28.3 Å². The van der Waals surface area contributed by atoms with E-state index in [-0.39, 0.29) is 86.4 Å². The summed E-state index contributed by atoms with van der Waals surface area (Å²) in [6.07, 6.45) is 2.81. The standard InChI is InChI=1S/C48H64N14O11/c1-29-12-17-59(36(63)10-15-49)24-34(29)57(8)41-33-14-19-62(43(33)56-27-54-41)46(69)71-39(66)22-52-45(68)73-48(6,7)20-31-23-61(37(64)11-16-50)25-35(30(31)2)58(9)40-32-13-18-60(42(32)55-26-53-40)28-70-38(65)21-51-44(67)72-47(3,4)5/h13-14,18-19,26-27,29-31,34-35,46,69H,10-12,17,20-25,28H2,1-9H3,(H,51,67)(H,52,68)/t29-,30-,31?,34+,35+,46?/m1/s1. The molecule has 0 aliphatic carbocycles. The first-order valence-electron chi connectivity index (χ1n) is 23.8. The van der Waals surface area contributed by atoms with Crippen LogP contribution in [0.3, 0.4) is 0 Å². The minimum Gasteiger partial charge on any atom is -0.444 e. The summed E-state index contributed by atoms with van der Waals surface area (Å²) < 4.78 is 24.5. The number of piperidine rings is 2. The number of alkyl carbamates (subject to hydrolysis) is 2. The predicted molar refractivity (Wildman–Crippen MR) is 260 cm³/mol. The van der Waals surface area contributed by atoms with Crippen molar-refractivity contribution in [2.24, 2.45) is 17.8 Å². The lowest BCUT2D eigenvalue weighted by atomic mass is 9.77. The maximum absolute atomic E-state index is 13.3. The van der Waals surface area contributed by atoms with Crippen molar-refractivity contribution in [3.05, 3.63) is 37.2 Å². The van der Waals surface area contributed by atoms with Gasteiger partial charge < -0.3 is 54.3 Å². The summed E-state index contributed by atoms with van der Waals surface area (Å²) in [6, 6.07) is 6.82. The van der Waals surface area contributed by atoms with E-state index in [1.54, 1.807) is 67.3 Å². The van der Waals surface area contributed by atoms with Gasteiger partial charge in [0.25, 0.3) is 6.41 Å². The maximum Gasteiger partial charge on any atom is 0.408 e. The maximum atomic E-state index is 13.3. The van der Waals surface area contributed by atoms with E-state index >= 15 is 0 Å². The summed E-state index contributed by atoms with van der Waals surface area (Å²) in [7, 11) is 3.69. The lowest BCUT2D eigenvalue weighted by Gasteiger charge is -2.47. The Hall–Kier alpha value is -7.80. The molecule has 2 unspecified atom stereocenters. The van der Waals surface area contributed by atoms with E-state index in [2.05, 4.69) is 37.5 Å².